The zero-order valence-corrected chi connectivity index (χ0v) is 16.7. The molecule has 0 unspecified atom stereocenters. The molecule has 3 aromatic rings. The Hall–Kier alpha value is -2.86. The summed E-state index contributed by atoms with van der Waals surface area (Å²) in [5.41, 5.74) is 2.22. The normalized spacial score (nSPS) is 13.2. The zero-order valence-electron chi connectivity index (χ0n) is 15.1. The summed E-state index contributed by atoms with van der Waals surface area (Å²) in [7, 11) is 0. The van der Waals surface area contributed by atoms with Crippen molar-refractivity contribution in [1.29, 1.82) is 0 Å². The van der Waals surface area contributed by atoms with Crippen LogP contribution in [0.1, 0.15) is 29.0 Å². The van der Waals surface area contributed by atoms with Gasteiger partial charge in [0.2, 0.25) is 5.91 Å². The number of hydrogen-bond donors (Lipinski definition) is 2. The van der Waals surface area contributed by atoms with E-state index in [0.29, 0.717) is 23.6 Å². The predicted octanol–water partition coefficient (Wildman–Crippen LogP) is 4.99. The third-order valence-corrected chi connectivity index (χ3v) is 5.11. The zero-order chi connectivity index (χ0) is 19.5. The molecule has 28 heavy (non-hydrogen) atoms. The summed E-state index contributed by atoms with van der Waals surface area (Å²) in [6, 6.07) is 18.5. The van der Waals surface area contributed by atoms with Gasteiger partial charge in [-0.3, -0.25) is 9.59 Å². The molecule has 2 amide bonds. The van der Waals surface area contributed by atoms with Gasteiger partial charge >= 0.3 is 0 Å². The van der Waals surface area contributed by atoms with Crippen molar-refractivity contribution >= 4 is 33.4 Å². The maximum absolute atomic E-state index is 12.3. The highest BCUT2D eigenvalue weighted by atomic mass is 79.9. The fourth-order valence-electron chi connectivity index (χ4n) is 2.81. The fraction of sp³-hybridized carbons (Fsp3) is 0.182. The molecule has 0 aliphatic heterocycles. The number of carbonyl (C=O) groups excluding carboxylic acids is 2. The van der Waals surface area contributed by atoms with Crippen LogP contribution in [0.4, 0.5) is 5.69 Å². The maximum Gasteiger partial charge on any atom is 0.251 e. The highest BCUT2D eigenvalue weighted by Gasteiger charge is 2.29. The Balaban J connectivity index is 1.32. The Morgan fingerprint density at radius 2 is 1.68 bits per heavy atom. The lowest BCUT2D eigenvalue weighted by atomic mass is 10.2. The Morgan fingerprint density at radius 1 is 0.964 bits per heavy atom. The van der Waals surface area contributed by atoms with Gasteiger partial charge in [-0.1, -0.05) is 28.1 Å². The van der Waals surface area contributed by atoms with Crippen LogP contribution in [0.25, 0.3) is 11.3 Å². The van der Waals surface area contributed by atoms with Gasteiger partial charge < -0.3 is 15.1 Å². The summed E-state index contributed by atoms with van der Waals surface area (Å²) in [5, 5.41) is 5.71. The smallest absolute Gasteiger partial charge is 0.251 e. The van der Waals surface area contributed by atoms with E-state index < -0.39 is 0 Å². The Labute approximate surface area is 171 Å². The molecule has 0 atom stereocenters. The Kier molecular flexibility index (Phi) is 5.30. The van der Waals surface area contributed by atoms with E-state index in [2.05, 4.69) is 26.6 Å². The van der Waals surface area contributed by atoms with E-state index in [1.807, 2.05) is 36.4 Å². The number of benzene rings is 2. The van der Waals surface area contributed by atoms with Crippen molar-refractivity contribution in [3.05, 3.63) is 76.5 Å². The molecular weight excluding hydrogens is 420 g/mol. The van der Waals surface area contributed by atoms with Gasteiger partial charge in [0.15, 0.2) is 0 Å². The van der Waals surface area contributed by atoms with Crippen molar-refractivity contribution in [3.8, 4) is 11.3 Å². The van der Waals surface area contributed by atoms with Gasteiger partial charge in [-0.2, -0.15) is 0 Å². The van der Waals surface area contributed by atoms with Crippen LogP contribution in [0.3, 0.4) is 0 Å². The average Bonchev–Trinajstić information content (AvgIpc) is 3.46. The molecule has 5 nitrogen and oxygen atoms in total. The van der Waals surface area contributed by atoms with Crippen molar-refractivity contribution in [1.82, 2.24) is 5.32 Å². The van der Waals surface area contributed by atoms with E-state index >= 15 is 0 Å². The number of furan rings is 1. The van der Waals surface area contributed by atoms with E-state index in [4.69, 9.17) is 4.42 Å². The number of nitrogens with one attached hydrogen (secondary N) is 2. The molecule has 1 aliphatic rings. The molecule has 4 rings (SSSR count). The quantitative estimate of drug-likeness (QED) is 0.569. The molecule has 1 heterocycles. The first-order chi connectivity index (χ1) is 13.6. The third kappa shape index (κ3) is 4.51. The molecule has 1 saturated carbocycles. The van der Waals surface area contributed by atoms with E-state index in [0.717, 1.165) is 28.6 Å². The van der Waals surface area contributed by atoms with E-state index in [1.165, 1.54) is 0 Å². The molecule has 1 aliphatic carbocycles. The SMILES string of the molecule is O=C(NCc1ccc(-c2ccc(Br)cc2)o1)c1ccc(NC(=O)C2CC2)cc1. The number of rotatable bonds is 6. The molecule has 6 heteroatoms. The maximum atomic E-state index is 12.3. The number of hydrogen-bond acceptors (Lipinski definition) is 3. The molecule has 2 N–H and O–H groups in total. The molecule has 0 spiro atoms. The first kappa shape index (κ1) is 18.5. The Bertz CT molecular complexity index is 989. The van der Waals surface area contributed by atoms with Crippen molar-refractivity contribution in [2.75, 3.05) is 5.32 Å². The average molecular weight is 439 g/mol. The van der Waals surface area contributed by atoms with Crippen LogP contribution in [0.5, 0.6) is 0 Å². The predicted molar refractivity (Wildman–Crippen MR) is 111 cm³/mol. The van der Waals surface area contributed by atoms with Crippen LogP contribution in [0, 0.1) is 5.92 Å². The largest absolute Gasteiger partial charge is 0.459 e. The summed E-state index contributed by atoms with van der Waals surface area (Å²) in [4.78, 5) is 24.1. The van der Waals surface area contributed by atoms with E-state index in [9.17, 15) is 9.59 Å². The van der Waals surface area contributed by atoms with Crippen molar-refractivity contribution in [2.45, 2.75) is 19.4 Å². The molecule has 1 aromatic heterocycles. The van der Waals surface area contributed by atoms with Crippen molar-refractivity contribution in [2.24, 2.45) is 5.92 Å². The molecule has 0 bridgehead atoms. The van der Waals surface area contributed by atoms with Gasteiger partial charge in [-0.05, 0) is 61.4 Å². The second-order valence-corrected chi connectivity index (χ2v) is 7.71. The monoisotopic (exact) mass is 438 g/mol. The molecule has 2 aromatic carbocycles. The Morgan fingerprint density at radius 3 is 2.36 bits per heavy atom. The van der Waals surface area contributed by atoms with Gasteiger partial charge in [-0.15, -0.1) is 0 Å². The fourth-order valence-corrected chi connectivity index (χ4v) is 3.07. The number of anilines is 1. The molecule has 142 valence electrons. The second kappa shape index (κ2) is 8.02. The lowest BCUT2D eigenvalue weighted by molar-refractivity contribution is -0.117. The minimum absolute atomic E-state index is 0.0524. The summed E-state index contributed by atoms with van der Waals surface area (Å²) in [5.74, 6) is 1.45. The highest BCUT2D eigenvalue weighted by Crippen LogP contribution is 2.30. The van der Waals surface area contributed by atoms with Gasteiger partial charge in [-0.25, -0.2) is 0 Å². The van der Waals surface area contributed by atoms with Crippen LogP contribution in [0.2, 0.25) is 0 Å². The number of halogens is 1. The summed E-state index contributed by atoms with van der Waals surface area (Å²) < 4.78 is 6.82. The van der Waals surface area contributed by atoms with Crippen molar-refractivity contribution in [3.63, 3.8) is 0 Å². The summed E-state index contributed by atoms with van der Waals surface area (Å²) >= 11 is 3.41. The van der Waals surface area contributed by atoms with Crippen LogP contribution in [0.15, 0.2) is 69.6 Å². The lowest BCUT2D eigenvalue weighted by Crippen LogP contribution is -2.22. The van der Waals surface area contributed by atoms with Crippen LogP contribution >= 0.6 is 15.9 Å². The summed E-state index contributed by atoms with van der Waals surface area (Å²) in [6.45, 7) is 0.301. The van der Waals surface area contributed by atoms with Gasteiger partial charge in [0, 0.05) is 27.2 Å². The topological polar surface area (TPSA) is 71.3 Å². The van der Waals surface area contributed by atoms with E-state index in [1.54, 1.807) is 24.3 Å². The van der Waals surface area contributed by atoms with Gasteiger partial charge in [0.1, 0.15) is 11.5 Å². The molecule has 0 radical (unpaired) electrons. The standard InChI is InChI=1S/C22H19BrN2O3/c23-17-7-3-14(4-8-17)20-12-11-19(28-20)13-24-21(26)15-5-9-18(10-6-15)25-22(27)16-1-2-16/h3-12,16H,1-2,13H2,(H,24,26)(H,25,27). The number of carbonyl (C=O) groups is 2. The van der Waals surface area contributed by atoms with Gasteiger partial charge in [0.25, 0.3) is 5.91 Å². The third-order valence-electron chi connectivity index (χ3n) is 4.58. The van der Waals surface area contributed by atoms with Gasteiger partial charge in [0.05, 0.1) is 6.54 Å². The lowest BCUT2D eigenvalue weighted by Gasteiger charge is -2.06. The first-order valence-corrected chi connectivity index (χ1v) is 9.91. The summed E-state index contributed by atoms with van der Waals surface area (Å²) in [6.07, 6.45) is 1.92. The highest BCUT2D eigenvalue weighted by molar-refractivity contribution is 9.10. The molecule has 1 fully saturated rings. The van der Waals surface area contributed by atoms with Crippen molar-refractivity contribution < 1.29 is 14.0 Å². The van der Waals surface area contributed by atoms with Crippen LogP contribution in [-0.4, -0.2) is 11.8 Å². The number of amides is 2. The van der Waals surface area contributed by atoms with E-state index in [-0.39, 0.29) is 17.7 Å². The minimum atomic E-state index is -0.193. The second-order valence-electron chi connectivity index (χ2n) is 6.80. The molecule has 0 saturated heterocycles. The minimum Gasteiger partial charge on any atom is -0.459 e. The van der Waals surface area contributed by atoms with Crippen LogP contribution in [-0.2, 0) is 11.3 Å². The van der Waals surface area contributed by atoms with Crippen LogP contribution < -0.4 is 10.6 Å². The first-order valence-electron chi connectivity index (χ1n) is 9.12. The molecular formula is C22H19BrN2O3.